The van der Waals surface area contributed by atoms with E-state index in [-0.39, 0.29) is 12.4 Å². The lowest BCUT2D eigenvalue weighted by Gasteiger charge is -2.34. The van der Waals surface area contributed by atoms with Crippen LogP contribution in [0.3, 0.4) is 0 Å². The smallest absolute Gasteiger partial charge is 0.0995 e. The topological polar surface area (TPSA) is 56.9 Å². The molecule has 0 atom stereocenters. The minimum atomic E-state index is 0. The van der Waals surface area contributed by atoms with Gasteiger partial charge in [-0.3, -0.25) is 0 Å². The van der Waals surface area contributed by atoms with E-state index in [4.69, 9.17) is 0 Å². The first kappa shape index (κ1) is 21.9. The minimum Gasteiger partial charge on any atom is -0.371 e. The fourth-order valence-electron chi connectivity index (χ4n) is 4.11. The molecule has 0 radical (unpaired) electrons. The normalized spacial score (nSPS) is 14.2. The number of nitrogens with one attached hydrogen (secondary N) is 1. The lowest BCUT2D eigenvalue weighted by atomic mass is 9.98. The summed E-state index contributed by atoms with van der Waals surface area (Å²) in [6, 6.07) is 19.6. The molecule has 1 saturated heterocycles. The van der Waals surface area contributed by atoms with Crippen LogP contribution in [0.15, 0.2) is 67.3 Å². The molecule has 0 spiro atoms. The van der Waals surface area contributed by atoms with Gasteiger partial charge in [0.05, 0.1) is 24.5 Å². The van der Waals surface area contributed by atoms with Crippen LogP contribution in [-0.2, 0) is 13.0 Å². The van der Waals surface area contributed by atoms with Gasteiger partial charge in [-0.2, -0.15) is 5.26 Å². The van der Waals surface area contributed by atoms with Crippen LogP contribution in [-0.4, -0.2) is 35.2 Å². The number of benzene rings is 2. The fourth-order valence-corrected chi connectivity index (χ4v) is 4.11. The van der Waals surface area contributed by atoms with Crippen LogP contribution in [0.1, 0.15) is 29.5 Å². The minimum absolute atomic E-state index is 0. The summed E-state index contributed by atoms with van der Waals surface area (Å²) in [7, 11) is 0. The molecular formula is C24H28ClN5. The Morgan fingerprint density at radius 1 is 1.07 bits per heavy atom. The highest BCUT2D eigenvalue weighted by Crippen LogP contribution is 2.20. The predicted octanol–water partition coefficient (Wildman–Crippen LogP) is 4.03. The number of rotatable bonds is 7. The van der Waals surface area contributed by atoms with Crippen molar-refractivity contribution in [2.75, 3.05) is 24.5 Å². The molecule has 0 saturated carbocycles. The highest BCUT2D eigenvalue weighted by atomic mass is 35.5. The first-order valence-electron chi connectivity index (χ1n) is 10.3. The summed E-state index contributed by atoms with van der Waals surface area (Å²) >= 11 is 0. The number of halogens is 1. The largest absolute Gasteiger partial charge is 0.371 e. The maximum absolute atomic E-state index is 9.52. The summed E-state index contributed by atoms with van der Waals surface area (Å²) in [4.78, 5) is 6.59. The summed E-state index contributed by atoms with van der Waals surface area (Å²) < 4.78 is 2.02. The number of para-hydroxylation sites is 1. The zero-order chi connectivity index (χ0) is 19.9. The van der Waals surface area contributed by atoms with Gasteiger partial charge in [-0.15, -0.1) is 12.4 Å². The van der Waals surface area contributed by atoms with Gasteiger partial charge in [0.2, 0.25) is 0 Å². The molecule has 1 fully saturated rings. The molecular weight excluding hydrogens is 394 g/mol. The van der Waals surface area contributed by atoms with Crippen molar-refractivity contribution < 1.29 is 0 Å². The Balaban J connectivity index is 0.00000256. The van der Waals surface area contributed by atoms with Crippen LogP contribution in [0.5, 0.6) is 0 Å². The Morgan fingerprint density at radius 3 is 2.57 bits per heavy atom. The van der Waals surface area contributed by atoms with E-state index in [1.54, 1.807) is 12.5 Å². The molecule has 0 bridgehead atoms. The summed E-state index contributed by atoms with van der Waals surface area (Å²) in [5.41, 5.74) is 4.43. The first-order valence-corrected chi connectivity index (χ1v) is 10.3. The molecule has 1 aliphatic rings. The van der Waals surface area contributed by atoms with Crippen molar-refractivity contribution >= 4 is 18.1 Å². The van der Waals surface area contributed by atoms with E-state index in [9.17, 15) is 5.26 Å². The third-order valence-electron chi connectivity index (χ3n) is 5.74. The zero-order valence-corrected chi connectivity index (χ0v) is 17.9. The van der Waals surface area contributed by atoms with Crippen molar-refractivity contribution in [2.45, 2.75) is 31.8 Å². The third-order valence-corrected chi connectivity index (χ3v) is 5.74. The average Bonchev–Trinajstić information content (AvgIpc) is 3.29. The van der Waals surface area contributed by atoms with E-state index in [0.29, 0.717) is 12.6 Å². The molecule has 3 aromatic rings. The van der Waals surface area contributed by atoms with Crippen LogP contribution in [0.25, 0.3) is 0 Å². The fraction of sp³-hybridized carbons (Fsp3) is 0.333. The number of hydrogen-bond acceptors (Lipinski definition) is 4. The van der Waals surface area contributed by atoms with Crippen molar-refractivity contribution in [3.8, 4) is 6.07 Å². The zero-order valence-electron chi connectivity index (χ0n) is 17.1. The summed E-state index contributed by atoms with van der Waals surface area (Å²) in [6.45, 7) is 3.81. The predicted molar refractivity (Wildman–Crippen MR) is 123 cm³/mol. The second-order valence-corrected chi connectivity index (χ2v) is 7.59. The molecule has 1 aliphatic heterocycles. The molecule has 1 aromatic heterocycles. The quantitative estimate of drug-likeness (QED) is 0.625. The molecule has 30 heavy (non-hydrogen) atoms. The van der Waals surface area contributed by atoms with Crippen molar-refractivity contribution in [3.05, 3.63) is 83.9 Å². The molecule has 5 nitrogen and oxygen atoms in total. The molecule has 2 heterocycles. The number of piperidine rings is 1. The van der Waals surface area contributed by atoms with E-state index >= 15 is 0 Å². The highest BCUT2D eigenvalue weighted by Gasteiger charge is 2.19. The summed E-state index contributed by atoms with van der Waals surface area (Å²) in [6.07, 6.45) is 8.77. The van der Waals surface area contributed by atoms with Crippen LogP contribution in [0.4, 0.5) is 5.69 Å². The summed E-state index contributed by atoms with van der Waals surface area (Å²) in [5.74, 6) is 0. The summed E-state index contributed by atoms with van der Waals surface area (Å²) in [5, 5.41) is 13.3. The molecule has 6 heteroatoms. The van der Waals surface area contributed by atoms with E-state index in [1.165, 1.54) is 11.3 Å². The lowest BCUT2D eigenvalue weighted by molar-refractivity contribution is 0.417. The highest BCUT2D eigenvalue weighted by molar-refractivity contribution is 5.85. The van der Waals surface area contributed by atoms with Gasteiger partial charge in [-0.05, 0) is 55.1 Å². The van der Waals surface area contributed by atoms with E-state index in [0.717, 1.165) is 50.0 Å². The van der Waals surface area contributed by atoms with Crippen LogP contribution < -0.4 is 10.2 Å². The van der Waals surface area contributed by atoms with Gasteiger partial charge in [0.25, 0.3) is 0 Å². The average molecular weight is 422 g/mol. The van der Waals surface area contributed by atoms with E-state index in [1.807, 2.05) is 22.9 Å². The Labute approximate surface area is 184 Å². The van der Waals surface area contributed by atoms with Crippen LogP contribution in [0, 0.1) is 11.3 Å². The number of nitrogens with zero attached hydrogens (tertiary/aromatic N) is 4. The number of nitriles is 1. The molecule has 0 aliphatic carbocycles. The van der Waals surface area contributed by atoms with Crippen LogP contribution in [0.2, 0.25) is 0 Å². The molecule has 0 unspecified atom stereocenters. The number of hydrogen-bond donors (Lipinski definition) is 1. The number of anilines is 1. The Hall–Kier alpha value is -2.81. The second kappa shape index (κ2) is 10.8. The van der Waals surface area contributed by atoms with Gasteiger partial charge in [-0.1, -0.05) is 30.3 Å². The molecule has 2 aromatic carbocycles. The molecule has 0 amide bonds. The third kappa shape index (κ3) is 5.41. The molecule has 4 rings (SSSR count). The van der Waals surface area contributed by atoms with Crippen molar-refractivity contribution in [1.29, 1.82) is 5.26 Å². The van der Waals surface area contributed by atoms with Gasteiger partial charge in [-0.25, -0.2) is 4.98 Å². The van der Waals surface area contributed by atoms with E-state index < -0.39 is 0 Å². The number of imidazole rings is 1. The van der Waals surface area contributed by atoms with Crippen LogP contribution >= 0.6 is 12.4 Å². The maximum atomic E-state index is 9.52. The SMILES string of the molecule is Cl.N#Cc1cccc(CCNC2CCN(c3ccccc3)CC2)c1Cn1ccnc1. The molecule has 156 valence electrons. The second-order valence-electron chi connectivity index (χ2n) is 7.59. The van der Waals surface area contributed by atoms with Crippen molar-refractivity contribution in [2.24, 2.45) is 0 Å². The van der Waals surface area contributed by atoms with Crippen molar-refractivity contribution in [3.63, 3.8) is 0 Å². The Kier molecular flexibility index (Phi) is 7.89. The molecule has 1 N–H and O–H groups in total. The van der Waals surface area contributed by atoms with Gasteiger partial charge in [0.1, 0.15) is 0 Å². The Morgan fingerprint density at radius 2 is 1.87 bits per heavy atom. The van der Waals surface area contributed by atoms with Gasteiger partial charge in [0.15, 0.2) is 0 Å². The van der Waals surface area contributed by atoms with Gasteiger partial charge < -0.3 is 14.8 Å². The lowest BCUT2D eigenvalue weighted by Crippen LogP contribution is -2.43. The van der Waals surface area contributed by atoms with E-state index in [2.05, 4.69) is 57.7 Å². The Bertz CT molecular complexity index is 941. The monoisotopic (exact) mass is 421 g/mol. The maximum Gasteiger partial charge on any atom is 0.0995 e. The van der Waals surface area contributed by atoms with Gasteiger partial charge >= 0.3 is 0 Å². The number of aromatic nitrogens is 2. The standard InChI is InChI=1S/C24H27N5.ClH/c25-17-21-6-4-5-20(24(21)18-28-16-13-26-19-28)9-12-27-22-10-14-29(15-11-22)23-7-2-1-3-8-23;/h1-8,13,16,19,22,27H,9-12,14-15,18H2;1H. The van der Waals surface area contributed by atoms with Gasteiger partial charge in [0, 0.05) is 37.2 Å². The van der Waals surface area contributed by atoms with Crippen molar-refractivity contribution in [1.82, 2.24) is 14.9 Å². The first-order chi connectivity index (χ1) is 14.3.